The van der Waals surface area contributed by atoms with Crippen LogP contribution in [0.1, 0.15) is 51.9 Å². The van der Waals surface area contributed by atoms with Gasteiger partial charge in [-0.25, -0.2) is 0 Å². The highest BCUT2D eigenvalue weighted by Gasteiger charge is 2.14. The van der Waals surface area contributed by atoms with Gasteiger partial charge in [0, 0.05) is 24.8 Å². The third-order valence-electron chi connectivity index (χ3n) is 4.70. The Bertz CT molecular complexity index is 515. The number of unbranched alkanes of at least 4 members (excludes halogenated alkanes) is 4. The molecule has 0 N–H and O–H groups in total. The fraction of sp³-hybridized carbons (Fsp3) is 0.650. The minimum Gasteiger partial charge on any atom is -0.530 e. The van der Waals surface area contributed by atoms with Crippen molar-refractivity contribution in [2.75, 3.05) is 37.7 Å². The van der Waals surface area contributed by atoms with E-state index in [2.05, 4.69) is 11.8 Å². The summed E-state index contributed by atoms with van der Waals surface area (Å²) in [7, 11) is 0. The van der Waals surface area contributed by atoms with E-state index in [0.717, 1.165) is 31.8 Å². The molecule has 5 heteroatoms. The number of carboxylic acid groups (broad SMARTS) is 1. The monoisotopic (exact) mass is 347 g/mol. The fourth-order valence-corrected chi connectivity index (χ4v) is 3.21. The van der Waals surface area contributed by atoms with Gasteiger partial charge in [-0.05, 0) is 44.5 Å². The summed E-state index contributed by atoms with van der Waals surface area (Å²) in [5.74, 6) is 0.723. The second kappa shape index (κ2) is 11.0. The number of nitrogens with zero attached hydrogens (tertiary/aromatic N) is 2. The molecule has 0 aromatic heterocycles. The highest BCUT2D eigenvalue weighted by molar-refractivity contribution is 5.84. The Balaban J connectivity index is 1.84. The zero-order valence-electron chi connectivity index (χ0n) is 15.4. The van der Waals surface area contributed by atoms with E-state index in [1.54, 1.807) is 12.1 Å². The van der Waals surface area contributed by atoms with Crippen LogP contribution < -0.4 is 14.7 Å². The summed E-state index contributed by atoms with van der Waals surface area (Å²) in [6.45, 7) is 6.17. The summed E-state index contributed by atoms with van der Waals surface area (Å²) in [6.07, 6.45) is 7.20. The molecule has 0 atom stereocenters. The van der Waals surface area contributed by atoms with Crippen molar-refractivity contribution < 1.29 is 14.6 Å². The third kappa shape index (κ3) is 6.94. The van der Waals surface area contributed by atoms with E-state index in [1.807, 2.05) is 12.1 Å². The van der Waals surface area contributed by atoms with Gasteiger partial charge < -0.3 is 24.4 Å². The van der Waals surface area contributed by atoms with Crippen molar-refractivity contribution in [1.29, 1.82) is 0 Å². The van der Waals surface area contributed by atoms with Crippen LogP contribution in [0.25, 0.3) is 0 Å². The number of rotatable bonds is 11. The minimum absolute atomic E-state index is 0.433. The second-order valence-electron chi connectivity index (χ2n) is 6.73. The van der Waals surface area contributed by atoms with Gasteiger partial charge >= 0.3 is 0 Å². The summed E-state index contributed by atoms with van der Waals surface area (Å²) < 4.78 is 5.78. The number of hydrogen-bond acceptors (Lipinski definition) is 4. The molecule has 0 saturated carbocycles. The van der Waals surface area contributed by atoms with Gasteiger partial charge in [0.25, 0.3) is 0 Å². The Hall–Kier alpha value is -1.75. The van der Waals surface area contributed by atoms with Crippen LogP contribution in [0, 0.1) is 0 Å². The molecular formula is C20H31N2O3-. The Morgan fingerprint density at radius 2 is 1.96 bits per heavy atom. The first kappa shape index (κ1) is 19.6. The molecule has 1 fully saturated rings. The maximum atomic E-state index is 11.5. The summed E-state index contributed by atoms with van der Waals surface area (Å²) in [5, 5.41) is 11.5. The summed E-state index contributed by atoms with van der Waals surface area (Å²) in [6, 6.07) is 7.32. The van der Waals surface area contributed by atoms with Crippen LogP contribution in [0.4, 0.5) is 10.5 Å². The number of ether oxygens (including phenoxy) is 1. The van der Waals surface area contributed by atoms with Gasteiger partial charge in [-0.1, -0.05) is 38.7 Å². The second-order valence-corrected chi connectivity index (χ2v) is 6.73. The summed E-state index contributed by atoms with van der Waals surface area (Å²) in [5.41, 5.74) is 0.627. The molecule has 140 valence electrons. The topological polar surface area (TPSA) is 55.8 Å². The van der Waals surface area contributed by atoms with Crippen LogP contribution in [0.3, 0.4) is 0 Å². The molecule has 2 rings (SSSR count). The van der Waals surface area contributed by atoms with Gasteiger partial charge in [-0.15, -0.1) is 0 Å². The van der Waals surface area contributed by atoms with E-state index in [-0.39, 0.29) is 0 Å². The molecule has 25 heavy (non-hydrogen) atoms. The van der Waals surface area contributed by atoms with Crippen LogP contribution in [0.5, 0.6) is 5.75 Å². The molecule has 0 aliphatic carbocycles. The Morgan fingerprint density at radius 1 is 1.20 bits per heavy atom. The molecule has 0 bridgehead atoms. The van der Waals surface area contributed by atoms with Crippen LogP contribution in [-0.2, 0) is 0 Å². The molecule has 1 aliphatic rings. The van der Waals surface area contributed by atoms with Gasteiger partial charge in [-0.2, -0.15) is 0 Å². The lowest BCUT2D eigenvalue weighted by Gasteiger charge is -2.27. The average molecular weight is 347 g/mol. The number of anilines is 1. The van der Waals surface area contributed by atoms with Gasteiger partial charge in [-0.3, -0.25) is 0 Å². The summed E-state index contributed by atoms with van der Waals surface area (Å²) in [4.78, 5) is 15.1. The SMILES string of the molecule is CCCCCCCOc1cccc(N(CCN2CCCC2)C(=O)[O-])c1. The molecule has 1 aliphatic heterocycles. The third-order valence-corrected chi connectivity index (χ3v) is 4.70. The largest absolute Gasteiger partial charge is 0.530 e. The van der Waals surface area contributed by atoms with Gasteiger partial charge in [0.2, 0.25) is 0 Å². The molecular weight excluding hydrogens is 316 g/mol. The Kier molecular flexibility index (Phi) is 8.60. The van der Waals surface area contributed by atoms with Crippen molar-refractivity contribution in [2.45, 2.75) is 51.9 Å². The van der Waals surface area contributed by atoms with E-state index in [4.69, 9.17) is 4.74 Å². The van der Waals surface area contributed by atoms with Gasteiger partial charge in [0.1, 0.15) is 11.8 Å². The number of benzene rings is 1. The Labute approximate surface area is 151 Å². The minimum atomic E-state index is -1.16. The molecule has 1 aromatic carbocycles. The fourth-order valence-electron chi connectivity index (χ4n) is 3.21. The van der Waals surface area contributed by atoms with Crippen molar-refractivity contribution >= 4 is 11.8 Å². The first-order chi connectivity index (χ1) is 12.2. The van der Waals surface area contributed by atoms with Crippen molar-refractivity contribution in [3.8, 4) is 5.75 Å². The number of hydrogen-bond donors (Lipinski definition) is 0. The number of carbonyl (C=O) groups excluding carboxylic acids is 1. The standard InChI is InChI=1S/C20H32N2O3/c1-2-3-4-5-8-16-25-19-11-9-10-18(17-19)22(20(23)24)15-14-21-12-6-7-13-21/h9-11,17H,2-8,12-16H2,1H3,(H,23,24)/p-1. The first-order valence-electron chi connectivity index (χ1n) is 9.64. The lowest BCUT2D eigenvalue weighted by Crippen LogP contribution is -2.45. The van der Waals surface area contributed by atoms with Gasteiger partial charge in [0.15, 0.2) is 0 Å². The van der Waals surface area contributed by atoms with E-state index < -0.39 is 6.09 Å². The molecule has 1 amide bonds. The number of likely N-dealkylation sites (tertiary alicyclic amines) is 1. The number of carbonyl (C=O) groups is 1. The molecule has 5 nitrogen and oxygen atoms in total. The zero-order chi connectivity index (χ0) is 17.9. The van der Waals surface area contributed by atoms with Crippen LogP contribution in [0.2, 0.25) is 0 Å². The lowest BCUT2D eigenvalue weighted by molar-refractivity contribution is -0.246. The van der Waals surface area contributed by atoms with Crippen molar-refractivity contribution in [1.82, 2.24) is 4.90 Å². The molecule has 1 aromatic rings. The molecule has 0 unspecified atom stereocenters. The summed E-state index contributed by atoms with van der Waals surface area (Å²) >= 11 is 0. The van der Waals surface area contributed by atoms with E-state index >= 15 is 0 Å². The van der Waals surface area contributed by atoms with Crippen molar-refractivity contribution in [3.05, 3.63) is 24.3 Å². The molecule has 1 saturated heterocycles. The molecule has 0 radical (unpaired) electrons. The van der Waals surface area contributed by atoms with Crippen molar-refractivity contribution in [2.24, 2.45) is 0 Å². The highest BCUT2D eigenvalue weighted by Crippen LogP contribution is 2.22. The Morgan fingerprint density at radius 3 is 2.68 bits per heavy atom. The molecule has 0 spiro atoms. The van der Waals surface area contributed by atoms with Crippen molar-refractivity contribution in [3.63, 3.8) is 0 Å². The van der Waals surface area contributed by atoms with E-state index in [1.165, 1.54) is 43.4 Å². The highest BCUT2D eigenvalue weighted by atomic mass is 16.5. The lowest BCUT2D eigenvalue weighted by atomic mass is 10.2. The quantitative estimate of drug-likeness (QED) is 0.577. The average Bonchev–Trinajstić information content (AvgIpc) is 3.12. The smallest absolute Gasteiger partial charge is 0.141 e. The van der Waals surface area contributed by atoms with Crippen LogP contribution in [-0.4, -0.2) is 43.8 Å². The normalized spacial score (nSPS) is 14.6. The maximum absolute atomic E-state index is 11.5. The predicted octanol–water partition coefficient (Wildman–Crippen LogP) is 3.28. The molecule has 1 heterocycles. The number of amides is 1. The van der Waals surface area contributed by atoms with E-state index in [0.29, 0.717) is 18.8 Å². The maximum Gasteiger partial charge on any atom is 0.141 e. The van der Waals surface area contributed by atoms with Gasteiger partial charge in [0.05, 0.1) is 6.61 Å². The van der Waals surface area contributed by atoms with Crippen LogP contribution >= 0.6 is 0 Å². The zero-order valence-corrected chi connectivity index (χ0v) is 15.4. The van der Waals surface area contributed by atoms with E-state index in [9.17, 15) is 9.90 Å². The predicted molar refractivity (Wildman–Crippen MR) is 99.1 cm³/mol. The van der Waals surface area contributed by atoms with Crippen LogP contribution in [0.15, 0.2) is 24.3 Å². The first-order valence-corrected chi connectivity index (χ1v) is 9.64.